The minimum Gasteiger partial charge on any atom is -0.495 e. The Bertz CT molecular complexity index is 1580. The Morgan fingerprint density at radius 2 is 2.08 bits per heavy atom. The molecule has 1 unspecified atom stereocenters. The first kappa shape index (κ1) is 26.3. The summed E-state index contributed by atoms with van der Waals surface area (Å²) in [5.41, 5.74) is 2.37. The van der Waals surface area contributed by atoms with Crippen LogP contribution >= 0.6 is 15.9 Å². The molecule has 1 aromatic carbocycles. The van der Waals surface area contributed by atoms with Gasteiger partial charge in [-0.25, -0.2) is 18.4 Å². The highest BCUT2D eigenvalue weighted by Crippen LogP contribution is 2.31. The highest BCUT2D eigenvalue weighted by Gasteiger charge is 2.30. The van der Waals surface area contributed by atoms with E-state index in [0.717, 1.165) is 22.3 Å². The van der Waals surface area contributed by atoms with Crippen molar-refractivity contribution in [2.24, 2.45) is 0 Å². The van der Waals surface area contributed by atoms with Crippen LogP contribution in [0.5, 0.6) is 5.75 Å². The van der Waals surface area contributed by atoms with Crippen LogP contribution in [-0.2, 0) is 10.0 Å². The van der Waals surface area contributed by atoms with Gasteiger partial charge in [0.1, 0.15) is 22.6 Å². The van der Waals surface area contributed by atoms with E-state index in [1.165, 1.54) is 17.7 Å². The number of ether oxygens (including phenoxy) is 1. The lowest BCUT2D eigenvalue weighted by atomic mass is 10.1. The zero-order chi connectivity index (χ0) is 26.7. The zero-order valence-corrected chi connectivity index (χ0v) is 23.2. The molecule has 1 aliphatic heterocycles. The van der Waals surface area contributed by atoms with Crippen LogP contribution in [0.3, 0.4) is 0 Å². The van der Waals surface area contributed by atoms with Gasteiger partial charge in [-0.05, 0) is 37.2 Å². The molecule has 4 heterocycles. The third-order valence-electron chi connectivity index (χ3n) is 6.69. The van der Waals surface area contributed by atoms with E-state index >= 15 is 0 Å². The predicted molar refractivity (Wildman–Crippen MR) is 145 cm³/mol. The molecule has 0 amide bonds. The van der Waals surface area contributed by atoms with Crippen molar-refractivity contribution in [2.45, 2.75) is 23.8 Å². The number of benzene rings is 1. The van der Waals surface area contributed by atoms with Crippen LogP contribution in [0.2, 0.25) is 0 Å². The van der Waals surface area contributed by atoms with Gasteiger partial charge in [0.2, 0.25) is 10.0 Å². The maximum atomic E-state index is 13.5. The monoisotopic (exact) mass is 598 g/mol. The minimum atomic E-state index is -3.74. The summed E-state index contributed by atoms with van der Waals surface area (Å²) in [6.45, 7) is 2.58. The average Bonchev–Trinajstić information content (AvgIpc) is 3.54. The number of halogens is 1. The van der Waals surface area contributed by atoms with Crippen LogP contribution in [-0.4, -0.2) is 82.2 Å². The normalized spacial score (nSPS) is 16.2. The lowest BCUT2D eigenvalue weighted by molar-refractivity contribution is 0.234. The van der Waals surface area contributed by atoms with Crippen LogP contribution in [0.1, 0.15) is 18.9 Å². The molecule has 1 atom stereocenters. The number of aromatic amines is 1. The first-order chi connectivity index (χ1) is 18.4. The second-order valence-corrected chi connectivity index (χ2v) is 11.9. The summed E-state index contributed by atoms with van der Waals surface area (Å²) in [5, 5.41) is 15.0. The van der Waals surface area contributed by atoms with E-state index in [9.17, 15) is 13.7 Å². The first-order valence-electron chi connectivity index (χ1n) is 12.2. The van der Waals surface area contributed by atoms with Gasteiger partial charge in [0.05, 0.1) is 37.5 Å². The standard InChI is InChI=1S/C25H27BrN8O3S/c1-37-22-4-3-19(26)13-23(22)38(35,36)33-10-2-9-32(11-12-33)16-20(5-7-27)34-15-18(14-31-34)24-21-6-8-28-25(21)30-17-29-24/h3-4,6,8,13-15,17,20H,2,5,9-12,16H2,1H3,(H,28,29,30). The van der Waals surface area contributed by atoms with Crippen LogP contribution in [0.4, 0.5) is 0 Å². The highest BCUT2D eigenvalue weighted by atomic mass is 79.9. The van der Waals surface area contributed by atoms with Gasteiger partial charge in [-0.3, -0.25) is 9.58 Å². The number of rotatable bonds is 8. The average molecular weight is 600 g/mol. The summed E-state index contributed by atoms with van der Waals surface area (Å²) in [7, 11) is -2.27. The molecule has 1 N–H and O–H groups in total. The van der Waals surface area contributed by atoms with Gasteiger partial charge >= 0.3 is 0 Å². The van der Waals surface area contributed by atoms with Crippen LogP contribution in [0.15, 0.2) is 58.6 Å². The molecular formula is C25H27BrN8O3S. The van der Waals surface area contributed by atoms with Crippen molar-refractivity contribution in [1.82, 2.24) is 33.9 Å². The number of hydrogen-bond donors (Lipinski definition) is 1. The maximum absolute atomic E-state index is 13.5. The van der Waals surface area contributed by atoms with Gasteiger partial charge < -0.3 is 9.72 Å². The van der Waals surface area contributed by atoms with Crippen molar-refractivity contribution in [3.8, 4) is 23.1 Å². The van der Waals surface area contributed by atoms with E-state index in [0.29, 0.717) is 49.4 Å². The molecule has 38 heavy (non-hydrogen) atoms. The fourth-order valence-electron chi connectivity index (χ4n) is 4.77. The number of nitrogens with zero attached hydrogens (tertiary/aromatic N) is 7. The molecule has 1 saturated heterocycles. The number of nitrogens with one attached hydrogen (secondary N) is 1. The van der Waals surface area contributed by atoms with E-state index in [1.807, 2.05) is 23.1 Å². The number of H-pyrrole nitrogens is 1. The molecule has 3 aromatic heterocycles. The minimum absolute atomic E-state index is 0.149. The third-order valence-corrected chi connectivity index (χ3v) is 9.10. The van der Waals surface area contributed by atoms with Crippen LogP contribution in [0.25, 0.3) is 22.3 Å². The molecule has 1 fully saturated rings. The van der Waals surface area contributed by atoms with Crippen molar-refractivity contribution in [3.05, 3.63) is 53.7 Å². The second kappa shape index (κ2) is 11.2. The fourth-order valence-corrected chi connectivity index (χ4v) is 6.93. The van der Waals surface area contributed by atoms with E-state index < -0.39 is 10.0 Å². The number of fused-ring (bicyclic) bond motifs is 1. The molecular weight excluding hydrogens is 572 g/mol. The molecule has 11 nitrogen and oxygen atoms in total. The van der Waals surface area contributed by atoms with Gasteiger partial charge in [0.15, 0.2) is 0 Å². The number of hydrogen-bond acceptors (Lipinski definition) is 8. The molecule has 0 aliphatic carbocycles. The summed E-state index contributed by atoms with van der Waals surface area (Å²) in [6.07, 6.45) is 7.94. The molecule has 1 aliphatic rings. The van der Waals surface area contributed by atoms with Crippen molar-refractivity contribution in [1.29, 1.82) is 5.26 Å². The Morgan fingerprint density at radius 3 is 2.89 bits per heavy atom. The zero-order valence-electron chi connectivity index (χ0n) is 20.8. The van der Waals surface area contributed by atoms with Crippen molar-refractivity contribution in [2.75, 3.05) is 39.8 Å². The Kier molecular flexibility index (Phi) is 7.75. The largest absolute Gasteiger partial charge is 0.495 e. The molecule has 0 radical (unpaired) electrons. The fraction of sp³-hybridized carbons (Fsp3) is 0.360. The van der Waals surface area contributed by atoms with E-state index in [2.05, 4.69) is 46.9 Å². The molecule has 198 valence electrons. The van der Waals surface area contributed by atoms with Crippen LogP contribution < -0.4 is 4.74 Å². The Labute approximate surface area is 229 Å². The SMILES string of the molecule is COc1ccc(Br)cc1S(=O)(=O)N1CCCN(CC(CC#N)n2cc(-c3ncnc4[nH]ccc34)cn2)CC1. The Hall–Kier alpha value is -3.31. The number of nitriles is 1. The van der Waals surface area contributed by atoms with Gasteiger partial charge in [0, 0.05) is 54.0 Å². The van der Waals surface area contributed by atoms with E-state index in [1.54, 1.807) is 24.4 Å². The third kappa shape index (κ3) is 5.30. The highest BCUT2D eigenvalue weighted by molar-refractivity contribution is 9.10. The first-order valence-corrected chi connectivity index (χ1v) is 14.4. The Morgan fingerprint density at radius 1 is 1.21 bits per heavy atom. The molecule has 13 heteroatoms. The summed E-state index contributed by atoms with van der Waals surface area (Å²) < 4.78 is 36.3. The lowest BCUT2D eigenvalue weighted by Crippen LogP contribution is -2.37. The van der Waals surface area contributed by atoms with Crippen molar-refractivity contribution < 1.29 is 13.2 Å². The van der Waals surface area contributed by atoms with Gasteiger partial charge in [-0.1, -0.05) is 15.9 Å². The lowest BCUT2D eigenvalue weighted by Gasteiger charge is -2.25. The van der Waals surface area contributed by atoms with Gasteiger partial charge in [0.25, 0.3) is 0 Å². The van der Waals surface area contributed by atoms with E-state index in [4.69, 9.17) is 4.74 Å². The summed E-state index contributed by atoms with van der Waals surface area (Å²) in [6, 6.07) is 8.99. The summed E-state index contributed by atoms with van der Waals surface area (Å²) >= 11 is 3.37. The molecule has 0 spiro atoms. The predicted octanol–water partition coefficient (Wildman–Crippen LogP) is 3.44. The maximum Gasteiger partial charge on any atom is 0.246 e. The van der Waals surface area contributed by atoms with E-state index in [-0.39, 0.29) is 17.4 Å². The Balaban J connectivity index is 1.31. The van der Waals surface area contributed by atoms with Crippen LogP contribution in [0, 0.1) is 11.3 Å². The smallest absolute Gasteiger partial charge is 0.246 e. The molecule has 0 bridgehead atoms. The van der Waals surface area contributed by atoms with Gasteiger partial charge in [-0.2, -0.15) is 14.7 Å². The van der Waals surface area contributed by atoms with Crippen molar-refractivity contribution in [3.63, 3.8) is 0 Å². The quantitative estimate of drug-likeness (QED) is 0.326. The number of sulfonamides is 1. The summed E-state index contributed by atoms with van der Waals surface area (Å²) in [4.78, 5) is 14.1. The molecule has 4 aromatic rings. The number of aromatic nitrogens is 5. The number of methoxy groups -OCH3 is 1. The second-order valence-electron chi connectivity index (χ2n) is 9.04. The molecule has 5 rings (SSSR count). The topological polar surface area (TPSA) is 133 Å². The van der Waals surface area contributed by atoms with Crippen molar-refractivity contribution >= 4 is 37.0 Å². The summed E-state index contributed by atoms with van der Waals surface area (Å²) in [5.74, 6) is 0.318. The molecule has 0 saturated carbocycles. The van der Waals surface area contributed by atoms with Gasteiger partial charge in [-0.15, -0.1) is 0 Å².